The van der Waals surface area contributed by atoms with Crippen LogP contribution in [0.1, 0.15) is 44.9 Å². The van der Waals surface area contributed by atoms with Gasteiger partial charge in [-0.05, 0) is 74.6 Å². The van der Waals surface area contributed by atoms with Gasteiger partial charge in [-0.15, -0.1) is 6.42 Å². The summed E-state index contributed by atoms with van der Waals surface area (Å²) >= 11 is 6.93. The smallest absolute Gasteiger partial charge is 0.338 e. The number of thiazole rings is 1. The molecule has 7 nitrogen and oxygen atoms in total. The van der Waals surface area contributed by atoms with Gasteiger partial charge < -0.3 is 14.2 Å². The van der Waals surface area contributed by atoms with E-state index in [0.717, 1.165) is 8.04 Å². The van der Waals surface area contributed by atoms with E-state index in [4.69, 9.17) is 20.6 Å². The number of hydrogen-bond acceptors (Lipinski definition) is 7. The molecule has 3 aromatic rings. The average molecular weight is 721 g/mol. The van der Waals surface area contributed by atoms with Crippen molar-refractivity contribution in [2.75, 3.05) is 13.2 Å². The summed E-state index contributed by atoms with van der Waals surface area (Å²) in [4.78, 5) is 32.4. The molecule has 0 spiro atoms. The van der Waals surface area contributed by atoms with Crippen LogP contribution >= 0.6 is 49.9 Å². The minimum atomic E-state index is -0.780. The van der Waals surface area contributed by atoms with Gasteiger partial charge >= 0.3 is 5.97 Å². The lowest BCUT2D eigenvalue weighted by atomic mass is 9.95. The van der Waals surface area contributed by atoms with E-state index < -0.39 is 12.0 Å². The summed E-state index contributed by atoms with van der Waals surface area (Å²) in [6.45, 7) is 7.63. The quantitative estimate of drug-likeness (QED) is 0.187. The molecule has 10 heteroatoms. The van der Waals surface area contributed by atoms with Gasteiger partial charge in [0.2, 0.25) is 0 Å². The van der Waals surface area contributed by atoms with Crippen LogP contribution in [0.25, 0.3) is 6.08 Å². The zero-order valence-corrected chi connectivity index (χ0v) is 26.3. The van der Waals surface area contributed by atoms with Gasteiger partial charge in [0, 0.05) is 15.6 Å². The molecular weight excluding hydrogens is 695 g/mol. The molecule has 0 fully saturated rings. The minimum Gasteiger partial charge on any atom is -0.491 e. The fourth-order valence-electron chi connectivity index (χ4n) is 4.25. The number of halogens is 2. The summed E-state index contributed by atoms with van der Waals surface area (Å²) in [7, 11) is 0. The molecule has 1 aliphatic heterocycles. The van der Waals surface area contributed by atoms with Crippen molar-refractivity contribution in [3.05, 3.63) is 86.5 Å². The Labute approximate surface area is 252 Å². The Balaban J connectivity index is 2.00. The number of terminal acetylenes is 1. The topological polar surface area (TPSA) is 79.1 Å². The van der Waals surface area contributed by atoms with E-state index in [1.54, 1.807) is 24.5 Å². The number of hydrogen-bond donors (Lipinski definition) is 0. The van der Waals surface area contributed by atoms with Gasteiger partial charge in [0.15, 0.2) is 4.80 Å². The summed E-state index contributed by atoms with van der Waals surface area (Å²) in [6.07, 6.45) is 7.07. The second-order valence-electron chi connectivity index (χ2n) is 8.81. The number of allylic oxidation sites excluding steroid dienone is 1. The Morgan fingerprint density at radius 2 is 2.08 bits per heavy atom. The van der Waals surface area contributed by atoms with Crippen molar-refractivity contribution >= 4 is 61.9 Å². The van der Waals surface area contributed by atoms with E-state index in [1.165, 1.54) is 11.3 Å². The Morgan fingerprint density at radius 3 is 2.77 bits per heavy atom. The molecule has 0 saturated heterocycles. The van der Waals surface area contributed by atoms with Crippen molar-refractivity contribution in [3.8, 4) is 23.8 Å². The fraction of sp³-hybridized carbons (Fsp3) is 0.276. The molecule has 1 aromatic heterocycles. The summed E-state index contributed by atoms with van der Waals surface area (Å²) in [5.41, 5.74) is 1.85. The number of rotatable bonds is 8. The zero-order valence-electron chi connectivity index (χ0n) is 21.8. The maximum atomic E-state index is 14.0. The molecule has 0 N–H and O–H groups in total. The standard InChI is InChI=1S/C29H26BrIN2O5S/c1-6-12-37-26-18(13-19(30)15-21(26)31)14-23-27(34)33-25(20-10-8-9-11-22(20)38-16(3)4)24(28(35)36-7-2)17(5)32-29(33)39-23/h1,8-11,13-16,25H,7,12H2,2-5H3/b23-14-/t25-/m0/s1. The second kappa shape index (κ2) is 12.5. The van der Waals surface area contributed by atoms with Gasteiger partial charge in [0.1, 0.15) is 24.1 Å². The number of carbonyl (C=O) groups is 1. The van der Waals surface area contributed by atoms with Gasteiger partial charge in [0.05, 0.1) is 32.1 Å². The van der Waals surface area contributed by atoms with Gasteiger partial charge in [-0.2, -0.15) is 0 Å². The number of aromatic nitrogens is 1. The molecule has 1 atom stereocenters. The van der Waals surface area contributed by atoms with E-state index in [2.05, 4.69) is 49.4 Å². The third-order valence-electron chi connectivity index (χ3n) is 5.72. The summed E-state index contributed by atoms with van der Waals surface area (Å²) in [6, 6.07) is 10.4. The Morgan fingerprint density at radius 1 is 1.33 bits per heavy atom. The molecule has 0 unspecified atom stereocenters. The van der Waals surface area contributed by atoms with Crippen LogP contribution in [0.15, 0.2) is 61.9 Å². The number of ether oxygens (including phenoxy) is 3. The van der Waals surface area contributed by atoms with Gasteiger partial charge in [-0.3, -0.25) is 9.36 Å². The Kier molecular flexibility index (Phi) is 9.35. The van der Waals surface area contributed by atoms with E-state index in [-0.39, 0.29) is 24.9 Å². The van der Waals surface area contributed by atoms with Crippen LogP contribution in [0.3, 0.4) is 0 Å². The van der Waals surface area contributed by atoms with Crippen molar-refractivity contribution in [1.29, 1.82) is 0 Å². The molecule has 0 bridgehead atoms. The molecular formula is C29H26BrIN2O5S. The van der Waals surface area contributed by atoms with Crippen molar-refractivity contribution in [3.63, 3.8) is 0 Å². The summed E-state index contributed by atoms with van der Waals surface area (Å²) < 4.78 is 21.0. The van der Waals surface area contributed by atoms with Crippen molar-refractivity contribution in [2.24, 2.45) is 4.99 Å². The molecule has 2 aromatic carbocycles. The van der Waals surface area contributed by atoms with E-state index in [0.29, 0.717) is 43.2 Å². The third-order valence-corrected chi connectivity index (χ3v) is 7.96. The zero-order chi connectivity index (χ0) is 28.3. The van der Waals surface area contributed by atoms with Crippen LogP contribution in [-0.4, -0.2) is 29.9 Å². The summed E-state index contributed by atoms with van der Waals surface area (Å²) in [5.74, 6) is 3.12. The highest BCUT2D eigenvalue weighted by Gasteiger charge is 2.35. The SMILES string of the molecule is C#CCOc1c(I)cc(Br)cc1/C=c1\sc2n(c1=O)[C@@H](c1ccccc1OC(C)C)C(C(=O)OCC)=C(C)N=2. The number of fused-ring (bicyclic) bond motifs is 1. The van der Waals surface area contributed by atoms with Gasteiger partial charge in [-0.25, -0.2) is 9.79 Å². The van der Waals surface area contributed by atoms with Gasteiger partial charge in [-0.1, -0.05) is 51.4 Å². The molecule has 0 aliphatic carbocycles. The molecule has 1 aliphatic rings. The monoisotopic (exact) mass is 720 g/mol. The van der Waals surface area contributed by atoms with Crippen LogP contribution < -0.4 is 24.4 Å². The summed E-state index contributed by atoms with van der Waals surface area (Å²) in [5, 5.41) is 0. The second-order valence-corrected chi connectivity index (χ2v) is 11.9. The highest BCUT2D eigenvalue weighted by atomic mass is 127. The fourth-order valence-corrected chi connectivity index (χ4v) is 6.99. The molecule has 202 valence electrons. The Hall–Kier alpha value is -2.88. The van der Waals surface area contributed by atoms with Crippen LogP contribution in [0.2, 0.25) is 0 Å². The molecule has 0 amide bonds. The van der Waals surface area contributed by atoms with Crippen molar-refractivity contribution in [1.82, 2.24) is 4.57 Å². The van der Waals surface area contributed by atoms with E-state index in [1.807, 2.05) is 50.2 Å². The molecule has 0 radical (unpaired) electrons. The lowest BCUT2D eigenvalue weighted by Gasteiger charge is -2.26. The predicted octanol–water partition coefficient (Wildman–Crippen LogP) is 4.96. The predicted molar refractivity (Wildman–Crippen MR) is 164 cm³/mol. The maximum absolute atomic E-state index is 14.0. The first-order chi connectivity index (χ1) is 18.7. The minimum absolute atomic E-state index is 0.0917. The number of esters is 1. The van der Waals surface area contributed by atoms with Gasteiger partial charge in [0.25, 0.3) is 5.56 Å². The highest BCUT2D eigenvalue weighted by Crippen LogP contribution is 2.36. The van der Waals surface area contributed by atoms with Crippen LogP contribution in [0, 0.1) is 15.9 Å². The molecule has 39 heavy (non-hydrogen) atoms. The number of para-hydroxylation sites is 1. The van der Waals surface area contributed by atoms with E-state index in [9.17, 15) is 9.59 Å². The van der Waals surface area contributed by atoms with Crippen LogP contribution in [-0.2, 0) is 9.53 Å². The highest BCUT2D eigenvalue weighted by molar-refractivity contribution is 14.1. The molecule has 2 heterocycles. The van der Waals surface area contributed by atoms with Crippen molar-refractivity contribution in [2.45, 2.75) is 39.8 Å². The first-order valence-electron chi connectivity index (χ1n) is 12.2. The van der Waals surface area contributed by atoms with Crippen molar-refractivity contribution < 1.29 is 19.0 Å². The molecule has 0 saturated carbocycles. The molecule has 4 rings (SSSR count). The number of carbonyl (C=O) groups excluding carboxylic acids is 1. The Bertz CT molecular complexity index is 1680. The van der Waals surface area contributed by atoms with Crippen LogP contribution in [0.5, 0.6) is 11.5 Å². The third kappa shape index (κ3) is 6.15. The largest absolute Gasteiger partial charge is 0.491 e. The normalized spacial score (nSPS) is 15.0. The van der Waals surface area contributed by atoms with E-state index >= 15 is 0 Å². The maximum Gasteiger partial charge on any atom is 0.338 e. The first kappa shape index (κ1) is 29.1. The number of benzene rings is 2. The average Bonchev–Trinajstić information content (AvgIpc) is 3.17. The lowest BCUT2D eigenvalue weighted by Crippen LogP contribution is -2.40. The van der Waals surface area contributed by atoms with Crippen LogP contribution in [0.4, 0.5) is 0 Å². The number of nitrogens with zero attached hydrogens (tertiary/aromatic N) is 2. The lowest BCUT2D eigenvalue weighted by molar-refractivity contribution is -0.139. The first-order valence-corrected chi connectivity index (χ1v) is 14.9.